The lowest BCUT2D eigenvalue weighted by Crippen LogP contribution is -2.06. The summed E-state index contributed by atoms with van der Waals surface area (Å²) in [4.78, 5) is 15.2. The third-order valence-corrected chi connectivity index (χ3v) is 3.37. The Kier molecular flexibility index (Phi) is 4.86. The number of aromatic nitrogens is 1. The Bertz CT molecular complexity index is 673. The SMILES string of the molecule is CCOC(=O)c1oc(-c2ccc(F)cc2I)nc1C(F)F. The Morgan fingerprint density at radius 3 is 2.76 bits per heavy atom. The molecular weight excluding hydrogens is 402 g/mol. The van der Waals surface area contributed by atoms with Crippen LogP contribution >= 0.6 is 22.6 Å². The Morgan fingerprint density at radius 2 is 2.19 bits per heavy atom. The van der Waals surface area contributed by atoms with Gasteiger partial charge in [0, 0.05) is 3.57 Å². The van der Waals surface area contributed by atoms with Gasteiger partial charge in [-0.1, -0.05) is 0 Å². The van der Waals surface area contributed by atoms with Crippen LogP contribution in [0.2, 0.25) is 0 Å². The molecule has 0 bridgehead atoms. The summed E-state index contributed by atoms with van der Waals surface area (Å²) in [6.45, 7) is 1.56. The molecule has 21 heavy (non-hydrogen) atoms. The van der Waals surface area contributed by atoms with Crippen molar-refractivity contribution in [2.24, 2.45) is 0 Å². The highest BCUT2D eigenvalue weighted by Gasteiger charge is 2.28. The highest BCUT2D eigenvalue weighted by Crippen LogP contribution is 2.31. The molecule has 0 unspecified atom stereocenters. The molecule has 1 aromatic carbocycles. The molecule has 0 saturated carbocycles. The van der Waals surface area contributed by atoms with E-state index in [4.69, 9.17) is 4.42 Å². The quantitative estimate of drug-likeness (QED) is 0.559. The smallest absolute Gasteiger partial charge is 0.376 e. The van der Waals surface area contributed by atoms with Crippen molar-refractivity contribution in [2.45, 2.75) is 13.3 Å². The molecule has 0 atom stereocenters. The first-order chi connectivity index (χ1) is 9.93. The zero-order valence-electron chi connectivity index (χ0n) is 10.7. The Hall–Kier alpha value is -1.58. The van der Waals surface area contributed by atoms with E-state index in [-0.39, 0.29) is 12.5 Å². The highest BCUT2D eigenvalue weighted by molar-refractivity contribution is 14.1. The maximum atomic E-state index is 13.1. The molecule has 0 N–H and O–H groups in total. The average Bonchev–Trinajstić information content (AvgIpc) is 2.84. The molecule has 0 spiro atoms. The average molecular weight is 411 g/mol. The standard InChI is InChI=1S/C13H9F3INO3/c1-2-20-13(19)10-9(11(15)16)18-12(21-10)7-4-3-6(14)5-8(7)17/h3-5,11H,2H2,1H3. The lowest BCUT2D eigenvalue weighted by Gasteiger charge is -2.00. The summed E-state index contributed by atoms with van der Waals surface area (Å²) in [5.74, 6) is -2.31. The fraction of sp³-hybridized carbons (Fsp3) is 0.231. The molecule has 1 heterocycles. The summed E-state index contributed by atoms with van der Waals surface area (Å²) in [5, 5.41) is 0. The summed E-state index contributed by atoms with van der Waals surface area (Å²) in [7, 11) is 0. The van der Waals surface area contributed by atoms with Crippen LogP contribution < -0.4 is 0 Å². The number of hydrogen-bond donors (Lipinski definition) is 0. The van der Waals surface area contributed by atoms with E-state index >= 15 is 0 Å². The highest BCUT2D eigenvalue weighted by atomic mass is 127. The van der Waals surface area contributed by atoms with Gasteiger partial charge in [0.2, 0.25) is 11.7 Å². The van der Waals surface area contributed by atoms with Gasteiger partial charge in [0.25, 0.3) is 6.43 Å². The molecule has 0 radical (unpaired) electrons. The van der Waals surface area contributed by atoms with Gasteiger partial charge in [0.1, 0.15) is 5.82 Å². The first-order valence-corrected chi connectivity index (χ1v) is 6.93. The zero-order chi connectivity index (χ0) is 15.6. The van der Waals surface area contributed by atoms with Gasteiger partial charge in [-0.25, -0.2) is 22.9 Å². The van der Waals surface area contributed by atoms with Crippen LogP contribution in [-0.2, 0) is 4.74 Å². The fourth-order valence-corrected chi connectivity index (χ4v) is 2.31. The minimum atomic E-state index is -2.99. The molecule has 8 heteroatoms. The molecular formula is C13H9F3INO3. The van der Waals surface area contributed by atoms with Crippen LogP contribution in [0.15, 0.2) is 22.6 Å². The van der Waals surface area contributed by atoms with E-state index in [1.807, 2.05) is 22.6 Å². The van der Waals surface area contributed by atoms with E-state index in [0.29, 0.717) is 9.13 Å². The molecule has 2 rings (SSSR count). The lowest BCUT2D eigenvalue weighted by molar-refractivity contribution is 0.0476. The van der Waals surface area contributed by atoms with Crippen molar-refractivity contribution >= 4 is 28.6 Å². The molecule has 0 saturated heterocycles. The molecule has 0 aliphatic rings. The number of hydrogen-bond acceptors (Lipinski definition) is 4. The number of esters is 1. The number of nitrogens with zero attached hydrogens (tertiary/aromatic N) is 1. The zero-order valence-corrected chi connectivity index (χ0v) is 12.9. The van der Waals surface area contributed by atoms with Crippen molar-refractivity contribution in [1.82, 2.24) is 4.98 Å². The normalized spacial score (nSPS) is 11.0. The second kappa shape index (κ2) is 6.46. The van der Waals surface area contributed by atoms with Crippen molar-refractivity contribution < 1.29 is 27.1 Å². The van der Waals surface area contributed by atoms with Gasteiger partial charge in [0.15, 0.2) is 5.69 Å². The van der Waals surface area contributed by atoms with Crippen LogP contribution in [-0.4, -0.2) is 17.6 Å². The summed E-state index contributed by atoms with van der Waals surface area (Å²) in [5.41, 5.74) is -0.474. The predicted octanol–water partition coefficient (Wildman–Crippen LogP) is 4.20. The van der Waals surface area contributed by atoms with Gasteiger partial charge >= 0.3 is 5.97 Å². The van der Waals surface area contributed by atoms with Crippen molar-refractivity contribution in [2.75, 3.05) is 6.61 Å². The third kappa shape index (κ3) is 3.36. The largest absolute Gasteiger partial charge is 0.460 e. The van der Waals surface area contributed by atoms with E-state index in [2.05, 4.69) is 9.72 Å². The first kappa shape index (κ1) is 15.8. The monoisotopic (exact) mass is 411 g/mol. The van der Waals surface area contributed by atoms with Gasteiger partial charge in [-0.2, -0.15) is 0 Å². The van der Waals surface area contributed by atoms with Crippen LogP contribution in [0.5, 0.6) is 0 Å². The minimum absolute atomic E-state index is 0.0195. The van der Waals surface area contributed by atoms with Crippen LogP contribution in [0.1, 0.15) is 29.6 Å². The topological polar surface area (TPSA) is 52.3 Å². The molecule has 0 aliphatic carbocycles. The van der Waals surface area contributed by atoms with Crippen molar-refractivity contribution in [3.8, 4) is 11.5 Å². The predicted molar refractivity (Wildman–Crippen MR) is 75.5 cm³/mol. The van der Waals surface area contributed by atoms with E-state index in [0.717, 1.165) is 6.07 Å². The number of rotatable bonds is 4. The maximum Gasteiger partial charge on any atom is 0.376 e. The number of oxazole rings is 1. The van der Waals surface area contributed by atoms with Crippen LogP contribution in [0.4, 0.5) is 13.2 Å². The maximum absolute atomic E-state index is 13.1. The second-order valence-electron chi connectivity index (χ2n) is 3.88. The molecule has 0 amide bonds. The molecule has 2 aromatic rings. The number of ether oxygens (including phenoxy) is 1. The molecule has 4 nitrogen and oxygen atoms in total. The van der Waals surface area contributed by atoms with Crippen molar-refractivity contribution in [3.63, 3.8) is 0 Å². The number of benzene rings is 1. The van der Waals surface area contributed by atoms with E-state index in [1.165, 1.54) is 12.1 Å². The number of alkyl halides is 2. The summed E-state index contributed by atoms with van der Waals surface area (Å²) in [6.07, 6.45) is -2.99. The van der Waals surface area contributed by atoms with Gasteiger partial charge in [0.05, 0.1) is 12.2 Å². The number of halogens is 4. The summed E-state index contributed by atoms with van der Waals surface area (Å²) < 4.78 is 49.1. The van der Waals surface area contributed by atoms with Gasteiger partial charge in [-0.15, -0.1) is 0 Å². The van der Waals surface area contributed by atoms with Gasteiger partial charge in [-0.05, 0) is 47.7 Å². The van der Waals surface area contributed by atoms with Crippen LogP contribution in [0.3, 0.4) is 0 Å². The molecule has 0 aliphatic heterocycles. The number of carbonyl (C=O) groups excluding carboxylic acids is 1. The summed E-state index contributed by atoms with van der Waals surface area (Å²) >= 11 is 1.82. The third-order valence-electron chi connectivity index (χ3n) is 2.48. The van der Waals surface area contributed by atoms with E-state index in [1.54, 1.807) is 6.92 Å². The van der Waals surface area contributed by atoms with Gasteiger partial charge < -0.3 is 9.15 Å². The Balaban J connectivity index is 2.51. The minimum Gasteiger partial charge on any atom is -0.460 e. The van der Waals surface area contributed by atoms with Crippen LogP contribution in [0.25, 0.3) is 11.5 Å². The second-order valence-corrected chi connectivity index (χ2v) is 5.04. The molecule has 0 fully saturated rings. The Morgan fingerprint density at radius 1 is 1.48 bits per heavy atom. The molecule has 112 valence electrons. The van der Waals surface area contributed by atoms with Crippen LogP contribution in [0, 0.1) is 9.39 Å². The molecule has 1 aromatic heterocycles. The summed E-state index contributed by atoms with van der Waals surface area (Å²) in [6, 6.07) is 3.69. The first-order valence-electron chi connectivity index (χ1n) is 5.85. The fourth-order valence-electron chi connectivity index (χ4n) is 1.60. The van der Waals surface area contributed by atoms with Gasteiger partial charge in [-0.3, -0.25) is 0 Å². The van der Waals surface area contributed by atoms with Crippen molar-refractivity contribution in [1.29, 1.82) is 0 Å². The van der Waals surface area contributed by atoms with E-state index < -0.39 is 29.7 Å². The van der Waals surface area contributed by atoms with E-state index in [9.17, 15) is 18.0 Å². The number of carbonyl (C=O) groups is 1. The van der Waals surface area contributed by atoms with Crippen molar-refractivity contribution in [3.05, 3.63) is 39.0 Å². The lowest BCUT2D eigenvalue weighted by atomic mass is 10.2. The Labute approximate surface area is 131 Å².